The standard InChI is InChI=1S/C12H9NO6/c1-19-5-2-3-6-7(4-5)13-9(12(17)18)8(10(6)14)11(15)16/h2-4H,1H3,(H,13,14)(H,15,16)(H,17,18). The maximum atomic E-state index is 12.0. The van der Waals surface area contributed by atoms with Crippen LogP contribution < -0.4 is 10.2 Å². The summed E-state index contributed by atoms with van der Waals surface area (Å²) in [4.78, 5) is 36.4. The average Bonchev–Trinajstić information content (AvgIpc) is 2.37. The molecule has 0 spiro atoms. The summed E-state index contributed by atoms with van der Waals surface area (Å²) in [6.07, 6.45) is 0. The Balaban J connectivity index is 2.93. The van der Waals surface area contributed by atoms with Gasteiger partial charge in [0.2, 0.25) is 5.43 Å². The molecule has 0 aliphatic carbocycles. The molecule has 3 N–H and O–H groups in total. The molecule has 1 aromatic carbocycles. The van der Waals surface area contributed by atoms with E-state index in [4.69, 9.17) is 14.9 Å². The molecule has 0 saturated heterocycles. The van der Waals surface area contributed by atoms with Gasteiger partial charge in [-0.15, -0.1) is 0 Å². The number of aromatic carboxylic acids is 2. The van der Waals surface area contributed by atoms with Crippen molar-refractivity contribution in [2.45, 2.75) is 0 Å². The van der Waals surface area contributed by atoms with Crippen molar-refractivity contribution in [3.05, 3.63) is 39.7 Å². The van der Waals surface area contributed by atoms with E-state index in [1.807, 2.05) is 0 Å². The number of nitrogens with one attached hydrogen (secondary N) is 1. The lowest BCUT2D eigenvalue weighted by molar-refractivity contribution is 0.0646. The first-order valence-corrected chi connectivity index (χ1v) is 5.16. The van der Waals surface area contributed by atoms with Crippen molar-refractivity contribution in [1.29, 1.82) is 0 Å². The van der Waals surface area contributed by atoms with Crippen molar-refractivity contribution in [3.63, 3.8) is 0 Å². The van der Waals surface area contributed by atoms with E-state index < -0.39 is 28.6 Å². The number of carboxylic acid groups (broad SMARTS) is 2. The van der Waals surface area contributed by atoms with Crippen LogP contribution in [0.25, 0.3) is 10.9 Å². The number of rotatable bonds is 3. The van der Waals surface area contributed by atoms with E-state index in [0.29, 0.717) is 5.75 Å². The Labute approximate surface area is 106 Å². The van der Waals surface area contributed by atoms with Crippen LogP contribution in [0.3, 0.4) is 0 Å². The molecule has 0 aliphatic heterocycles. The number of fused-ring (bicyclic) bond motifs is 1. The molecule has 0 amide bonds. The van der Waals surface area contributed by atoms with Crippen LogP contribution in [0.1, 0.15) is 20.8 Å². The minimum Gasteiger partial charge on any atom is -0.497 e. The lowest BCUT2D eigenvalue weighted by Crippen LogP contribution is -2.22. The third-order valence-electron chi connectivity index (χ3n) is 2.64. The van der Waals surface area contributed by atoms with Crippen LogP contribution in [-0.4, -0.2) is 34.2 Å². The maximum Gasteiger partial charge on any atom is 0.353 e. The van der Waals surface area contributed by atoms with E-state index in [2.05, 4.69) is 4.98 Å². The monoisotopic (exact) mass is 263 g/mol. The number of aromatic nitrogens is 1. The van der Waals surface area contributed by atoms with Gasteiger partial charge in [0, 0.05) is 11.5 Å². The fourth-order valence-corrected chi connectivity index (χ4v) is 1.76. The van der Waals surface area contributed by atoms with Gasteiger partial charge >= 0.3 is 11.9 Å². The predicted molar refractivity (Wildman–Crippen MR) is 65.0 cm³/mol. The van der Waals surface area contributed by atoms with Gasteiger partial charge in [-0.05, 0) is 12.1 Å². The Hall–Kier alpha value is -2.83. The molecule has 1 heterocycles. The van der Waals surface area contributed by atoms with Crippen molar-refractivity contribution >= 4 is 22.8 Å². The minimum absolute atomic E-state index is 0.0863. The number of H-pyrrole nitrogens is 1. The van der Waals surface area contributed by atoms with Gasteiger partial charge in [-0.2, -0.15) is 0 Å². The number of hydrogen-bond donors (Lipinski definition) is 3. The van der Waals surface area contributed by atoms with Crippen molar-refractivity contribution in [3.8, 4) is 5.75 Å². The highest BCUT2D eigenvalue weighted by molar-refractivity contribution is 6.03. The zero-order valence-corrected chi connectivity index (χ0v) is 9.76. The minimum atomic E-state index is -1.59. The maximum absolute atomic E-state index is 12.0. The normalized spacial score (nSPS) is 10.4. The van der Waals surface area contributed by atoms with Gasteiger partial charge in [-0.1, -0.05) is 0 Å². The van der Waals surface area contributed by atoms with Crippen LogP contribution in [0.15, 0.2) is 23.0 Å². The molecule has 0 aliphatic rings. The Bertz CT molecular complexity index is 746. The highest BCUT2D eigenvalue weighted by Crippen LogP contribution is 2.18. The number of ether oxygens (including phenoxy) is 1. The van der Waals surface area contributed by atoms with Gasteiger partial charge in [-0.25, -0.2) is 9.59 Å². The van der Waals surface area contributed by atoms with Crippen LogP contribution in [-0.2, 0) is 0 Å². The predicted octanol–water partition coefficient (Wildman–Crippen LogP) is 0.933. The molecule has 7 nitrogen and oxygen atoms in total. The third kappa shape index (κ3) is 2.01. The van der Waals surface area contributed by atoms with Gasteiger partial charge in [0.25, 0.3) is 0 Å². The number of benzene rings is 1. The van der Waals surface area contributed by atoms with Gasteiger partial charge in [-0.3, -0.25) is 4.79 Å². The van der Waals surface area contributed by atoms with E-state index in [0.717, 1.165) is 0 Å². The highest BCUT2D eigenvalue weighted by atomic mass is 16.5. The molecule has 0 unspecified atom stereocenters. The van der Waals surface area contributed by atoms with E-state index >= 15 is 0 Å². The number of carboxylic acids is 2. The lowest BCUT2D eigenvalue weighted by atomic mass is 10.1. The molecule has 0 bridgehead atoms. The quantitative estimate of drug-likeness (QED) is 0.758. The summed E-state index contributed by atoms with van der Waals surface area (Å²) in [7, 11) is 1.42. The molecule has 0 saturated carbocycles. The van der Waals surface area contributed by atoms with Gasteiger partial charge < -0.3 is 19.9 Å². The number of pyridine rings is 1. The second kappa shape index (κ2) is 4.45. The number of methoxy groups -OCH3 is 1. The van der Waals surface area contributed by atoms with E-state index in [1.165, 1.54) is 25.3 Å². The molecular weight excluding hydrogens is 254 g/mol. The van der Waals surface area contributed by atoms with Gasteiger partial charge in [0.05, 0.1) is 12.6 Å². The average molecular weight is 263 g/mol. The SMILES string of the molecule is COc1ccc2c(=O)c(C(=O)O)c(C(=O)O)[nH]c2c1. The Kier molecular flexibility index (Phi) is 2.95. The smallest absolute Gasteiger partial charge is 0.353 e. The summed E-state index contributed by atoms with van der Waals surface area (Å²) in [5, 5.41) is 18.0. The Morgan fingerprint density at radius 2 is 1.89 bits per heavy atom. The summed E-state index contributed by atoms with van der Waals surface area (Å²) in [5.41, 5.74) is -2.09. The summed E-state index contributed by atoms with van der Waals surface area (Å²) in [5.74, 6) is -2.68. The second-order valence-corrected chi connectivity index (χ2v) is 3.73. The highest BCUT2D eigenvalue weighted by Gasteiger charge is 2.22. The van der Waals surface area contributed by atoms with Crippen molar-refractivity contribution in [1.82, 2.24) is 4.98 Å². The zero-order chi connectivity index (χ0) is 14.2. The van der Waals surface area contributed by atoms with Crippen LogP contribution in [0.2, 0.25) is 0 Å². The zero-order valence-electron chi connectivity index (χ0n) is 9.76. The van der Waals surface area contributed by atoms with Gasteiger partial charge in [0.15, 0.2) is 0 Å². The van der Waals surface area contributed by atoms with Crippen molar-refractivity contribution in [2.75, 3.05) is 7.11 Å². The molecule has 1 aromatic heterocycles. The van der Waals surface area contributed by atoms with Crippen molar-refractivity contribution in [2.24, 2.45) is 0 Å². The first-order valence-electron chi connectivity index (χ1n) is 5.16. The molecule has 0 fully saturated rings. The molecular formula is C12H9NO6. The largest absolute Gasteiger partial charge is 0.497 e. The molecule has 0 atom stereocenters. The summed E-state index contributed by atoms with van der Waals surface area (Å²) < 4.78 is 4.95. The second-order valence-electron chi connectivity index (χ2n) is 3.73. The van der Waals surface area contributed by atoms with E-state index in [9.17, 15) is 14.4 Å². The Morgan fingerprint density at radius 1 is 1.21 bits per heavy atom. The summed E-state index contributed by atoms with van der Waals surface area (Å²) in [6, 6.07) is 4.30. The molecule has 2 aromatic rings. The topological polar surface area (TPSA) is 117 Å². The lowest BCUT2D eigenvalue weighted by Gasteiger charge is -2.06. The first kappa shape index (κ1) is 12.6. The fourth-order valence-electron chi connectivity index (χ4n) is 1.76. The fraction of sp³-hybridized carbons (Fsp3) is 0.0833. The number of aromatic amines is 1. The van der Waals surface area contributed by atoms with Crippen LogP contribution >= 0.6 is 0 Å². The summed E-state index contributed by atoms with van der Waals surface area (Å²) in [6.45, 7) is 0. The third-order valence-corrected chi connectivity index (χ3v) is 2.64. The van der Waals surface area contributed by atoms with Gasteiger partial charge in [0.1, 0.15) is 17.0 Å². The molecule has 7 heteroatoms. The molecule has 2 rings (SSSR count). The molecule has 98 valence electrons. The number of hydrogen-bond acceptors (Lipinski definition) is 4. The van der Waals surface area contributed by atoms with Crippen LogP contribution in [0.5, 0.6) is 5.75 Å². The summed E-state index contributed by atoms with van der Waals surface area (Å²) >= 11 is 0. The van der Waals surface area contributed by atoms with E-state index in [-0.39, 0.29) is 10.9 Å². The van der Waals surface area contributed by atoms with Crippen molar-refractivity contribution < 1.29 is 24.5 Å². The first-order chi connectivity index (χ1) is 8.95. The van der Waals surface area contributed by atoms with Crippen LogP contribution in [0, 0.1) is 0 Å². The molecule has 19 heavy (non-hydrogen) atoms. The Morgan fingerprint density at radius 3 is 2.42 bits per heavy atom. The number of carbonyl (C=O) groups is 2. The van der Waals surface area contributed by atoms with E-state index in [1.54, 1.807) is 0 Å². The molecule has 0 radical (unpaired) electrons. The van der Waals surface area contributed by atoms with Crippen LogP contribution in [0.4, 0.5) is 0 Å².